The summed E-state index contributed by atoms with van der Waals surface area (Å²) in [6, 6.07) is 0. The predicted octanol–water partition coefficient (Wildman–Crippen LogP) is 0.915. The van der Waals surface area contributed by atoms with Gasteiger partial charge in [0.05, 0.1) is 0 Å². The molecule has 11 heavy (non-hydrogen) atoms. The monoisotopic (exact) mass is 241 g/mol. The van der Waals surface area contributed by atoms with Crippen molar-refractivity contribution in [3.05, 3.63) is 0 Å². The first-order valence-electron chi connectivity index (χ1n) is 2.11. The maximum absolute atomic E-state index is 8.72. The smallest absolute Gasteiger partial charge is 0.412 e. The molecule has 0 radical (unpaired) electrons. The predicted molar refractivity (Wildman–Crippen MR) is 42.2 cm³/mol. The molecule has 5 nitrogen and oxygen atoms in total. The van der Waals surface area contributed by atoms with Crippen molar-refractivity contribution in [3.8, 4) is 0 Å². The van der Waals surface area contributed by atoms with E-state index in [9.17, 15) is 0 Å². The van der Waals surface area contributed by atoms with Crippen LogP contribution in [-0.4, -0.2) is 23.8 Å². The van der Waals surface area contributed by atoms with Crippen LogP contribution in [0.5, 0.6) is 0 Å². The van der Waals surface area contributed by atoms with Crippen LogP contribution in [-0.2, 0) is 12.6 Å². The van der Waals surface area contributed by atoms with Crippen molar-refractivity contribution in [2.75, 3.05) is 0 Å². The Hall–Kier alpha value is 1.09. The molecule has 0 aromatic carbocycles. The molecule has 0 fully saturated rings. The molecule has 0 rings (SSSR count). The standard InChI is InChI=1S/B2Cl4HNO4/c3-7(1(8)9-4)2(10-5)11-6/h8H. The van der Waals surface area contributed by atoms with Crippen molar-refractivity contribution in [1.82, 2.24) is 4.24 Å². The molecule has 11 heteroatoms. The third-order valence-electron chi connectivity index (χ3n) is 0.645. The summed E-state index contributed by atoms with van der Waals surface area (Å²) >= 11 is 19.6. The average molecular weight is 242 g/mol. The fraction of sp³-hybridized carbons (Fsp3) is 0. The first-order valence-corrected chi connectivity index (χ1v) is 3.38. The molecule has 0 heterocycles. The van der Waals surface area contributed by atoms with Crippen LogP contribution in [0.25, 0.3) is 0 Å². The molecule has 0 aromatic rings. The molecule has 0 unspecified atom stereocenters. The molecular weight excluding hydrogens is 241 g/mol. The van der Waals surface area contributed by atoms with Crippen LogP contribution in [0.2, 0.25) is 0 Å². The SMILES string of the molecule is OB(OCl)N(Cl)B(OCl)OCl. The maximum Gasteiger partial charge on any atom is 0.598 e. The first kappa shape index (κ1) is 12.1. The van der Waals surface area contributed by atoms with E-state index in [-0.39, 0.29) is 0 Å². The van der Waals surface area contributed by atoms with E-state index < -0.39 is 14.5 Å². The van der Waals surface area contributed by atoms with Crippen LogP contribution in [0.3, 0.4) is 0 Å². The van der Waals surface area contributed by atoms with E-state index in [1.807, 2.05) is 0 Å². The van der Waals surface area contributed by atoms with Crippen LogP contribution in [0.4, 0.5) is 0 Å². The Morgan fingerprint density at radius 1 is 1.09 bits per heavy atom. The number of rotatable bonds is 5. The Balaban J connectivity index is 3.86. The van der Waals surface area contributed by atoms with Crippen LogP contribution < -0.4 is 0 Å². The zero-order valence-corrected chi connectivity index (χ0v) is 7.81. The molecule has 1 N–H and O–H groups in total. The molecule has 0 saturated carbocycles. The fourth-order valence-electron chi connectivity index (χ4n) is 0.232. The van der Waals surface area contributed by atoms with Crippen molar-refractivity contribution >= 4 is 61.9 Å². The lowest BCUT2D eigenvalue weighted by Gasteiger charge is -2.14. The molecule has 0 bridgehead atoms. The molecule has 0 aliphatic rings. The Morgan fingerprint density at radius 2 is 1.55 bits per heavy atom. The Bertz CT molecular complexity index is 102. The zero-order chi connectivity index (χ0) is 8.85. The summed E-state index contributed by atoms with van der Waals surface area (Å²) in [5, 5.41) is 8.72. The quantitative estimate of drug-likeness (QED) is 0.574. The largest absolute Gasteiger partial charge is 0.598 e. The van der Waals surface area contributed by atoms with Crippen molar-refractivity contribution in [1.29, 1.82) is 0 Å². The molecule has 0 amide bonds. The minimum absolute atomic E-state index is 0.465. The van der Waals surface area contributed by atoms with Crippen molar-refractivity contribution in [2.45, 2.75) is 0 Å². The molecule has 0 aromatic heterocycles. The Morgan fingerprint density at radius 3 is 1.82 bits per heavy atom. The second kappa shape index (κ2) is 6.59. The summed E-state index contributed by atoms with van der Waals surface area (Å²) in [5.41, 5.74) is 0. The van der Waals surface area contributed by atoms with Gasteiger partial charge in [-0.1, -0.05) is 0 Å². The first-order chi connectivity index (χ1) is 5.17. The van der Waals surface area contributed by atoms with E-state index in [0.717, 1.165) is 0 Å². The van der Waals surface area contributed by atoms with Gasteiger partial charge in [-0.3, -0.25) is 12.6 Å². The molecule has 0 saturated heterocycles. The fourth-order valence-corrected chi connectivity index (χ4v) is 0.841. The maximum atomic E-state index is 8.72. The van der Waals surface area contributed by atoms with Gasteiger partial charge in [0, 0.05) is 35.6 Å². The van der Waals surface area contributed by atoms with Gasteiger partial charge in [0.2, 0.25) is 0 Å². The molecule has 0 atom stereocenters. The Kier molecular flexibility index (Phi) is 7.24. The third kappa shape index (κ3) is 4.02. The van der Waals surface area contributed by atoms with E-state index in [0.29, 0.717) is 4.24 Å². The van der Waals surface area contributed by atoms with Gasteiger partial charge in [-0.05, 0) is 11.8 Å². The number of hydrogen-bond donors (Lipinski definition) is 1. The van der Waals surface area contributed by atoms with E-state index >= 15 is 0 Å². The zero-order valence-electron chi connectivity index (χ0n) is 4.79. The van der Waals surface area contributed by atoms with Gasteiger partial charge < -0.3 is 5.02 Å². The van der Waals surface area contributed by atoms with Gasteiger partial charge >= 0.3 is 14.5 Å². The van der Waals surface area contributed by atoms with E-state index in [1.165, 1.54) is 0 Å². The van der Waals surface area contributed by atoms with Crippen LogP contribution in [0, 0.1) is 0 Å². The Labute approximate surface area is 83.9 Å². The van der Waals surface area contributed by atoms with Crippen LogP contribution >= 0.6 is 47.4 Å². The normalized spacial score (nSPS) is 10.4. The van der Waals surface area contributed by atoms with E-state index in [2.05, 4.69) is 12.6 Å². The number of nitrogens with zero attached hydrogens (tertiary/aromatic N) is 1. The topological polar surface area (TPSA) is 51.2 Å². The minimum atomic E-state index is -1.65. The summed E-state index contributed by atoms with van der Waals surface area (Å²) in [5.74, 6) is 0. The lowest BCUT2D eigenvalue weighted by molar-refractivity contribution is 0.362. The van der Waals surface area contributed by atoms with E-state index in [1.54, 1.807) is 0 Å². The molecule has 0 aliphatic heterocycles. The van der Waals surface area contributed by atoms with Gasteiger partial charge in [0.1, 0.15) is 0 Å². The van der Waals surface area contributed by atoms with Crippen molar-refractivity contribution < 1.29 is 17.6 Å². The second-order valence-corrected chi connectivity index (χ2v) is 2.17. The van der Waals surface area contributed by atoms with Gasteiger partial charge in [0.25, 0.3) is 0 Å². The van der Waals surface area contributed by atoms with Crippen LogP contribution in [0.15, 0.2) is 0 Å². The van der Waals surface area contributed by atoms with Gasteiger partial charge in [-0.2, -0.15) is 4.24 Å². The van der Waals surface area contributed by atoms with Crippen molar-refractivity contribution in [2.24, 2.45) is 0 Å². The van der Waals surface area contributed by atoms with Crippen molar-refractivity contribution in [3.63, 3.8) is 0 Å². The highest BCUT2D eigenvalue weighted by atomic mass is 35.5. The molecule has 0 spiro atoms. The minimum Gasteiger partial charge on any atom is -0.412 e. The average Bonchev–Trinajstić information content (AvgIpc) is 2.05. The second-order valence-electron chi connectivity index (χ2n) is 1.24. The number of halogens is 4. The summed E-state index contributed by atoms with van der Waals surface area (Å²) in [7, 11) is -3.03. The highest BCUT2D eigenvalue weighted by molar-refractivity contribution is 6.72. The summed E-state index contributed by atoms with van der Waals surface area (Å²) < 4.78 is 12.3. The summed E-state index contributed by atoms with van der Waals surface area (Å²) in [6.07, 6.45) is 0. The van der Waals surface area contributed by atoms with E-state index in [4.69, 9.17) is 52.4 Å². The molecular formula is HB2Cl4NO4. The van der Waals surface area contributed by atoms with Crippen LogP contribution in [0.1, 0.15) is 0 Å². The lowest BCUT2D eigenvalue weighted by Crippen LogP contribution is -2.45. The molecule has 0 aliphatic carbocycles. The van der Waals surface area contributed by atoms with Gasteiger partial charge in [-0.25, -0.2) is 0 Å². The highest BCUT2D eigenvalue weighted by Gasteiger charge is 2.38. The highest BCUT2D eigenvalue weighted by Crippen LogP contribution is 2.09. The number of hydrogen-bond acceptors (Lipinski definition) is 5. The van der Waals surface area contributed by atoms with Gasteiger partial charge in [-0.15, -0.1) is 0 Å². The molecule has 64 valence electrons. The lowest BCUT2D eigenvalue weighted by atomic mass is 9.98. The summed E-state index contributed by atoms with van der Waals surface area (Å²) in [6.45, 7) is 0. The third-order valence-corrected chi connectivity index (χ3v) is 1.44. The summed E-state index contributed by atoms with van der Waals surface area (Å²) in [4.78, 5) is 0. The van der Waals surface area contributed by atoms with Gasteiger partial charge in [0.15, 0.2) is 0 Å².